The van der Waals surface area contributed by atoms with Gasteiger partial charge in [-0.1, -0.05) is 31.4 Å². The highest BCUT2D eigenvalue weighted by Gasteiger charge is 2.12. The number of carbonyl (C=O) groups is 1. The Balaban J connectivity index is 2.11. The molecule has 1 aliphatic rings. The van der Waals surface area contributed by atoms with Crippen molar-refractivity contribution in [3.63, 3.8) is 0 Å². The first kappa shape index (κ1) is 15.5. The molecule has 2 N–H and O–H groups in total. The Morgan fingerprint density at radius 1 is 1.37 bits per heavy atom. The number of nitrogens with one attached hydrogen (secondary N) is 2. The van der Waals surface area contributed by atoms with Crippen LogP contribution in [0.25, 0.3) is 0 Å². The van der Waals surface area contributed by atoms with Gasteiger partial charge in [-0.3, -0.25) is 0 Å². The lowest BCUT2D eigenvalue weighted by atomic mass is 9.95. The summed E-state index contributed by atoms with van der Waals surface area (Å²) in [5.41, 5.74) is 0.837. The van der Waals surface area contributed by atoms with Crippen LogP contribution in [0.3, 0.4) is 0 Å². The summed E-state index contributed by atoms with van der Waals surface area (Å²) in [5, 5.41) is 6.11. The highest BCUT2D eigenvalue weighted by atomic mass is 16.5. The molecule has 1 saturated heterocycles. The minimum Gasteiger partial charge on any atom is -0.445 e. The molecule has 0 aromatic carbocycles. The second kappa shape index (κ2) is 9.39. The van der Waals surface area contributed by atoms with Crippen LogP contribution in [0.5, 0.6) is 0 Å². The van der Waals surface area contributed by atoms with Crippen LogP contribution >= 0.6 is 0 Å². The van der Waals surface area contributed by atoms with Crippen LogP contribution in [0, 0.1) is 5.92 Å². The molecule has 0 unspecified atom stereocenters. The Morgan fingerprint density at radius 2 is 2.11 bits per heavy atom. The zero-order chi connectivity index (χ0) is 13.9. The van der Waals surface area contributed by atoms with Crippen molar-refractivity contribution in [2.75, 3.05) is 26.2 Å². The van der Waals surface area contributed by atoms with Gasteiger partial charge in [0, 0.05) is 6.54 Å². The smallest absolute Gasteiger partial charge is 0.407 e. The lowest BCUT2D eigenvalue weighted by molar-refractivity contribution is 0.155. The third-order valence-corrected chi connectivity index (χ3v) is 3.24. The molecule has 0 radical (unpaired) electrons. The molecule has 0 bridgehead atoms. The van der Waals surface area contributed by atoms with Gasteiger partial charge < -0.3 is 15.4 Å². The molecule has 1 amide bonds. The Kier molecular flexibility index (Phi) is 7.66. The fourth-order valence-electron chi connectivity index (χ4n) is 2.08. The third kappa shape index (κ3) is 6.82. The van der Waals surface area contributed by atoms with E-state index in [1.54, 1.807) is 18.2 Å². The number of amides is 1. The summed E-state index contributed by atoms with van der Waals surface area (Å²) in [6, 6.07) is 0. The van der Waals surface area contributed by atoms with Gasteiger partial charge in [0.05, 0.1) is 0 Å². The molecule has 4 heteroatoms. The average molecular weight is 264 g/mol. The van der Waals surface area contributed by atoms with Gasteiger partial charge in [-0.05, 0) is 43.8 Å². The van der Waals surface area contributed by atoms with Crippen molar-refractivity contribution >= 4 is 6.09 Å². The Labute approximate surface area is 115 Å². The van der Waals surface area contributed by atoms with E-state index in [0.717, 1.165) is 25.1 Å². The number of allylic oxidation sites excluding steroid dienone is 2. The lowest BCUT2D eigenvalue weighted by Crippen LogP contribution is -2.31. The molecular weight excluding hydrogens is 240 g/mol. The van der Waals surface area contributed by atoms with Crippen molar-refractivity contribution in [3.8, 4) is 0 Å². The van der Waals surface area contributed by atoms with Gasteiger partial charge in [0.15, 0.2) is 0 Å². The summed E-state index contributed by atoms with van der Waals surface area (Å²) in [6.45, 7) is 10.3. The molecule has 0 aromatic heterocycles. The van der Waals surface area contributed by atoms with Crippen molar-refractivity contribution in [1.29, 1.82) is 0 Å². The van der Waals surface area contributed by atoms with Gasteiger partial charge >= 0.3 is 6.09 Å². The molecule has 0 atom stereocenters. The van der Waals surface area contributed by atoms with Gasteiger partial charge in [0.2, 0.25) is 0 Å². The van der Waals surface area contributed by atoms with Gasteiger partial charge in [-0.2, -0.15) is 0 Å². The van der Waals surface area contributed by atoms with Gasteiger partial charge in [-0.15, -0.1) is 0 Å². The Morgan fingerprint density at radius 3 is 2.74 bits per heavy atom. The summed E-state index contributed by atoms with van der Waals surface area (Å²) in [7, 11) is 0. The summed E-state index contributed by atoms with van der Waals surface area (Å²) in [5.74, 6) is 0.714. The maximum atomic E-state index is 11.5. The highest BCUT2D eigenvalue weighted by Crippen LogP contribution is 2.14. The van der Waals surface area contributed by atoms with E-state index in [1.165, 1.54) is 12.8 Å². The molecule has 0 saturated carbocycles. The standard InChI is InChI=1S/C15H24N2O2/c1-3-5-13(4-2)12-19-15(18)17-11-8-14-6-9-16-10-7-14/h3-5,14,16H,1-2,6-12H2,(H,17,18)/b13-5+. The molecule has 1 heterocycles. The van der Waals surface area contributed by atoms with Gasteiger partial charge in [0.1, 0.15) is 6.61 Å². The first-order chi connectivity index (χ1) is 9.26. The summed E-state index contributed by atoms with van der Waals surface area (Å²) in [6.07, 6.45) is 8.12. The topological polar surface area (TPSA) is 50.4 Å². The first-order valence-electron chi connectivity index (χ1n) is 6.81. The number of ether oxygens (including phenoxy) is 1. The fraction of sp³-hybridized carbons (Fsp3) is 0.533. The maximum absolute atomic E-state index is 11.5. The quantitative estimate of drug-likeness (QED) is 0.694. The van der Waals surface area contributed by atoms with Crippen LogP contribution in [0.15, 0.2) is 37.0 Å². The normalized spacial score (nSPS) is 16.7. The van der Waals surface area contributed by atoms with Crippen LogP contribution in [0.4, 0.5) is 4.79 Å². The molecule has 1 aliphatic heterocycles. The lowest BCUT2D eigenvalue weighted by Gasteiger charge is -2.22. The SMILES string of the molecule is C=C/C=C(\C=C)COC(=O)NCCC1CCNCC1. The number of alkyl carbamates (subject to hydrolysis) is 1. The number of piperidine rings is 1. The van der Waals surface area contributed by atoms with E-state index >= 15 is 0 Å². The largest absolute Gasteiger partial charge is 0.445 e. The van der Waals surface area contributed by atoms with Crippen molar-refractivity contribution in [2.24, 2.45) is 5.92 Å². The molecular formula is C15H24N2O2. The van der Waals surface area contributed by atoms with Crippen LogP contribution < -0.4 is 10.6 Å². The van der Waals surface area contributed by atoms with Crippen molar-refractivity contribution in [3.05, 3.63) is 37.0 Å². The monoisotopic (exact) mass is 264 g/mol. The third-order valence-electron chi connectivity index (χ3n) is 3.24. The minimum absolute atomic E-state index is 0.231. The number of rotatable bonds is 7. The number of hydrogen-bond donors (Lipinski definition) is 2. The van der Waals surface area contributed by atoms with E-state index in [0.29, 0.717) is 12.5 Å². The zero-order valence-corrected chi connectivity index (χ0v) is 11.5. The van der Waals surface area contributed by atoms with Gasteiger partial charge in [0.25, 0.3) is 0 Å². The van der Waals surface area contributed by atoms with Crippen molar-refractivity contribution in [1.82, 2.24) is 10.6 Å². The van der Waals surface area contributed by atoms with E-state index in [9.17, 15) is 4.79 Å². The van der Waals surface area contributed by atoms with E-state index < -0.39 is 0 Å². The summed E-state index contributed by atoms with van der Waals surface area (Å²) in [4.78, 5) is 11.5. The number of carbonyl (C=O) groups excluding carboxylic acids is 1. The second-order valence-electron chi connectivity index (χ2n) is 4.67. The average Bonchev–Trinajstić information content (AvgIpc) is 2.44. The molecule has 1 fully saturated rings. The Bertz CT molecular complexity index is 331. The zero-order valence-electron chi connectivity index (χ0n) is 11.5. The Hall–Kier alpha value is -1.55. The van der Waals surface area contributed by atoms with Crippen LogP contribution in [0.1, 0.15) is 19.3 Å². The molecule has 4 nitrogen and oxygen atoms in total. The predicted molar refractivity (Wildman–Crippen MR) is 78.0 cm³/mol. The number of hydrogen-bond acceptors (Lipinski definition) is 3. The minimum atomic E-state index is -0.370. The molecule has 0 aliphatic carbocycles. The van der Waals surface area contributed by atoms with E-state index in [2.05, 4.69) is 23.8 Å². The van der Waals surface area contributed by atoms with E-state index in [1.807, 2.05) is 0 Å². The predicted octanol–water partition coefficient (Wildman–Crippen LogP) is 2.40. The molecule has 0 spiro atoms. The van der Waals surface area contributed by atoms with Crippen LogP contribution in [-0.2, 0) is 4.74 Å². The molecule has 1 rings (SSSR count). The van der Waals surface area contributed by atoms with Crippen molar-refractivity contribution < 1.29 is 9.53 Å². The molecule has 106 valence electrons. The maximum Gasteiger partial charge on any atom is 0.407 e. The first-order valence-corrected chi connectivity index (χ1v) is 6.81. The van der Waals surface area contributed by atoms with Gasteiger partial charge in [-0.25, -0.2) is 4.79 Å². The highest BCUT2D eigenvalue weighted by molar-refractivity contribution is 5.67. The molecule has 19 heavy (non-hydrogen) atoms. The van der Waals surface area contributed by atoms with Crippen LogP contribution in [-0.4, -0.2) is 32.3 Å². The second-order valence-corrected chi connectivity index (χ2v) is 4.67. The summed E-state index contributed by atoms with van der Waals surface area (Å²) < 4.78 is 5.09. The van der Waals surface area contributed by atoms with E-state index in [4.69, 9.17) is 4.74 Å². The van der Waals surface area contributed by atoms with Crippen molar-refractivity contribution in [2.45, 2.75) is 19.3 Å². The fourth-order valence-corrected chi connectivity index (χ4v) is 2.08. The van der Waals surface area contributed by atoms with E-state index in [-0.39, 0.29) is 12.7 Å². The summed E-state index contributed by atoms with van der Waals surface area (Å²) >= 11 is 0. The molecule has 0 aromatic rings. The van der Waals surface area contributed by atoms with Crippen LogP contribution in [0.2, 0.25) is 0 Å².